The molecule has 0 spiro atoms. The lowest BCUT2D eigenvalue weighted by atomic mass is 10.2. The third-order valence-corrected chi connectivity index (χ3v) is 5.83. The number of amides is 1. The number of hydrogen-bond acceptors (Lipinski definition) is 4. The molecule has 3 rings (SSSR count). The summed E-state index contributed by atoms with van der Waals surface area (Å²) in [4.78, 5) is 11.9. The molecule has 1 unspecified atom stereocenters. The summed E-state index contributed by atoms with van der Waals surface area (Å²) in [6.07, 6.45) is -0.349. The molecule has 0 aliphatic carbocycles. The molecule has 0 saturated carbocycles. The largest absolute Gasteiger partial charge is 0.476 e. The van der Waals surface area contributed by atoms with Crippen LogP contribution in [0.1, 0.15) is 13.3 Å². The Hall–Kier alpha value is -2.68. The summed E-state index contributed by atoms with van der Waals surface area (Å²) in [6.45, 7) is 2.03. The Morgan fingerprint density at radius 2 is 1.96 bits per heavy atom. The number of nitrogens with one attached hydrogen (secondary N) is 1. The number of rotatable bonds is 5. The molecule has 0 bridgehead atoms. The Balaban J connectivity index is 2.01. The standard InChI is InChI=1S/C18H18F2N2O4S/c1-2-9-21-18(23)17-11-22(15-5-3-4-6-16(15)26-17)27(24,25)12-7-8-13(19)14(20)10-12/h3-8,10,17H,2,9,11H2,1H3,(H,21,23). The summed E-state index contributed by atoms with van der Waals surface area (Å²) < 4.78 is 59.5. The van der Waals surface area contributed by atoms with E-state index in [4.69, 9.17) is 4.74 Å². The molecule has 0 aromatic heterocycles. The molecular formula is C18H18F2N2O4S. The van der Waals surface area contributed by atoms with Gasteiger partial charge in [-0.3, -0.25) is 9.10 Å². The Morgan fingerprint density at radius 1 is 1.22 bits per heavy atom. The van der Waals surface area contributed by atoms with E-state index in [2.05, 4.69) is 5.32 Å². The average Bonchev–Trinajstić information content (AvgIpc) is 2.67. The predicted octanol–water partition coefficient (Wildman–Crippen LogP) is 2.45. The Labute approximate surface area is 155 Å². The minimum absolute atomic E-state index is 0.214. The van der Waals surface area contributed by atoms with Crippen molar-refractivity contribution in [3.8, 4) is 5.75 Å². The first-order chi connectivity index (χ1) is 12.8. The van der Waals surface area contributed by atoms with Crippen molar-refractivity contribution in [3.63, 3.8) is 0 Å². The van der Waals surface area contributed by atoms with Crippen molar-refractivity contribution < 1.29 is 26.7 Å². The van der Waals surface area contributed by atoms with E-state index in [1.54, 1.807) is 18.2 Å². The number of carbonyl (C=O) groups is 1. The monoisotopic (exact) mass is 396 g/mol. The summed E-state index contributed by atoms with van der Waals surface area (Å²) in [6, 6.07) is 8.68. The topological polar surface area (TPSA) is 75.7 Å². The number of ether oxygens (including phenoxy) is 1. The fourth-order valence-corrected chi connectivity index (χ4v) is 4.18. The first-order valence-electron chi connectivity index (χ1n) is 8.35. The molecule has 6 nitrogen and oxygen atoms in total. The van der Waals surface area contributed by atoms with Crippen LogP contribution in [0.25, 0.3) is 0 Å². The second kappa shape index (κ2) is 7.51. The van der Waals surface area contributed by atoms with Crippen LogP contribution in [0.3, 0.4) is 0 Å². The van der Waals surface area contributed by atoms with Crippen LogP contribution >= 0.6 is 0 Å². The highest BCUT2D eigenvalue weighted by molar-refractivity contribution is 7.92. The average molecular weight is 396 g/mol. The van der Waals surface area contributed by atoms with E-state index in [9.17, 15) is 22.0 Å². The molecule has 27 heavy (non-hydrogen) atoms. The summed E-state index contributed by atoms with van der Waals surface area (Å²) in [5, 5.41) is 2.67. The van der Waals surface area contributed by atoms with E-state index < -0.39 is 38.6 Å². The molecule has 1 atom stereocenters. The lowest BCUT2D eigenvalue weighted by molar-refractivity contribution is -0.127. The van der Waals surface area contributed by atoms with Crippen molar-refractivity contribution >= 4 is 21.6 Å². The van der Waals surface area contributed by atoms with E-state index in [-0.39, 0.29) is 18.0 Å². The number of nitrogens with zero attached hydrogens (tertiary/aromatic N) is 1. The number of sulfonamides is 1. The summed E-state index contributed by atoms with van der Waals surface area (Å²) in [5.41, 5.74) is 0.224. The highest BCUT2D eigenvalue weighted by Gasteiger charge is 2.37. The van der Waals surface area contributed by atoms with Gasteiger partial charge in [-0.15, -0.1) is 0 Å². The predicted molar refractivity (Wildman–Crippen MR) is 95.0 cm³/mol. The molecular weight excluding hydrogens is 378 g/mol. The fraction of sp³-hybridized carbons (Fsp3) is 0.278. The molecule has 1 N–H and O–H groups in total. The number of para-hydroxylation sites is 2. The summed E-state index contributed by atoms with van der Waals surface area (Å²) >= 11 is 0. The SMILES string of the molecule is CCCNC(=O)C1CN(S(=O)(=O)c2ccc(F)c(F)c2)c2ccccc2O1. The number of fused-ring (bicyclic) bond motifs is 1. The molecule has 9 heteroatoms. The van der Waals surface area contributed by atoms with Crippen LogP contribution in [0.15, 0.2) is 47.4 Å². The van der Waals surface area contributed by atoms with Crippen molar-refractivity contribution in [3.05, 3.63) is 54.1 Å². The van der Waals surface area contributed by atoms with Gasteiger partial charge in [-0.25, -0.2) is 17.2 Å². The lowest BCUT2D eigenvalue weighted by Crippen LogP contribution is -2.50. The number of halogens is 2. The first kappa shape index (κ1) is 19.1. The number of anilines is 1. The Kier molecular flexibility index (Phi) is 5.31. The van der Waals surface area contributed by atoms with Crippen LogP contribution in [0, 0.1) is 11.6 Å². The van der Waals surface area contributed by atoms with Gasteiger partial charge in [-0.05, 0) is 36.8 Å². The summed E-state index contributed by atoms with van der Waals surface area (Å²) in [5.74, 6) is -2.65. The fourth-order valence-electron chi connectivity index (χ4n) is 2.69. The third kappa shape index (κ3) is 3.73. The van der Waals surface area contributed by atoms with Crippen molar-refractivity contribution in [2.75, 3.05) is 17.4 Å². The van der Waals surface area contributed by atoms with E-state index in [1.165, 1.54) is 6.07 Å². The van der Waals surface area contributed by atoms with Crippen LogP contribution in [0.5, 0.6) is 5.75 Å². The minimum Gasteiger partial charge on any atom is -0.476 e. The van der Waals surface area contributed by atoms with Crippen molar-refractivity contribution in [2.24, 2.45) is 0 Å². The highest BCUT2D eigenvalue weighted by Crippen LogP contribution is 2.36. The quantitative estimate of drug-likeness (QED) is 0.842. The molecule has 1 aliphatic heterocycles. The van der Waals surface area contributed by atoms with Gasteiger partial charge in [-0.1, -0.05) is 19.1 Å². The van der Waals surface area contributed by atoms with Crippen molar-refractivity contribution in [1.82, 2.24) is 5.32 Å². The lowest BCUT2D eigenvalue weighted by Gasteiger charge is -2.34. The zero-order chi connectivity index (χ0) is 19.6. The molecule has 2 aromatic rings. The normalized spacial score (nSPS) is 16.4. The van der Waals surface area contributed by atoms with Crippen LogP contribution in [0.2, 0.25) is 0 Å². The molecule has 0 fully saturated rings. The molecule has 1 heterocycles. The Bertz CT molecular complexity index is 966. The molecule has 2 aromatic carbocycles. The maximum atomic E-state index is 13.6. The zero-order valence-electron chi connectivity index (χ0n) is 14.5. The van der Waals surface area contributed by atoms with Gasteiger partial charge < -0.3 is 10.1 Å². The highest BCUT2D eigenvalue weighted by atomic mass is 32.2. The van der Waals surface area contributed by atoms with Crippen LogP contribution < -0.4 is 14.4 Å². The third-order valence-electron chi connectivity index (χ3n) is 4.06. The van der Waals surface area contributed by atoms with Gasteiger partial charge in [0.05, 0.1) is 17.1 Å². The smallest absolute Gasteiger partial charge is 0.264 e. The van der Waals surface area contributed by atoms with Gasteiger partial charge in [0.2, 0.25) is 0 Å². The molecule has 1 amide bonds. The van der Waals surface area contributed by atoms with Crippen LogP contribution in [-0.4, -0.2) is 33.5 Å². The van der Waals surface area contributed by atoms with E-state index in [0.717, 1.165) is 16.4 Å². The number of benzene rings is 2. The van der Waals surface area contributed by atoms with Gasteiger partial charge in [0.25, 0.3) is 15.9 Å². The molecule has 144 valence electrons. The molecule has 1 aliphatic rings. The summed E-state index contributed by atoms with van der Waals surface area (Å²) in [7, 11) is -4.23. The maximum absolute atomic E-state index is 13.6. The zero-order valence-corrected chi connectivity index (χ0v) is 15.3. The first-order valence-corrected chi connectivity index (χ1v) is 9.79. The van der Waals surface area contributed by atoms with Gasteiger partial charge in [-0.2, -0.15) is 0 Å². The van der Waals surface area contributed by atoms with Gasteiger partial charge >= 0.3 is 0 Å². The van der Waals surface area contributed by atoms with Crippen LogP contribution in [0.4, 0.5) is 14.5 Å². The number of hydrogen-bond donors (Lipinski definition) is 1. The second-order valence-electron chi connectivity index (χ2n) is 5.98. The second-order valence-corrected chi connectivity index (χ2v) is 7.84. The van der Waals surface area contributed by atoms with E-state index in [1.807, 2.05) is 6.92 Å². The van der Waals surface area contributed by atoms with Crippen LogP contribution in [-0.2, 0) is 14.8 Å². The maximum Gasteiger partial charge on any atom is 0.264 e. The minimum atomic E-state index is -4.23. The van der Waals surface area contributed by atoms with Crippen molar-refractivity contribution in [1.29, 1.82) is 0 Å². The van der Waals surface area contributed by atoms with Crippen molar-refractivity contribution in [2.45, 2.75) is 24.3 Å². The van der Waals surface area contributed by atoms with Gasteiger partial charge in [0.15, 0.2) is 17.7 Å². The van der Waals surface area contributed by atoms with Gasteiger partial charge in [0, 0.05) is 6.54 Å². The molecule has 0 saturated heterocycles. The van der Waals surface area contributed by atoms with E-state index >= 15 is 0 Å². The van der Waals surface area contributed by atoms with E-state index in [0.29, 0.717) is 19.0 Å². The molecule has 0 radical (unpaired) electrons. The Morgan fingerprint density at radius 3 is 2.67 bits per heavy atom. The van der Waals surface area contributed by atoms with Gasteiger partial charge in [0.1, 0.15) is 5.75 Å². The number of carbonyl (C=O) groups excluding carboxylic acids is 1.